The van der Waals surface area contributed by atoms with E-state index in [4.69, 9.17) is 9.47 Å². The van der Waals surface area contributed by atoms with Crippen molar-refractivity contribution in [2.24, 2.45) is 0 Å². The first kappa shape index (κ1) is 19.8. The van der Waals surface area contributed by atoms with Crippen molar-refractivity contribution in [2.45, 2.75) is 46.0 Å². The number of hydrogen-bond acceptors (Lipinski definition) is 6. The van der Waals surface area contributed by atoms with Gasteiger partial charge in [-0.3, -0.25) is 23.7 Å². The van der Waals surface area contributed by atoms with Crippen LogP contribution in [0.5, 0.6) is 0 Å². The summed E-state index contributed by atoms with van der Waals surface area (Å²) in [6.45, 7) is 7.09. The van der Waals surface area contributed by atoms with Gasteiger partial charge in [-0.05, 0) is 51.3 Å². The van der Waals surface area contributed by atoms with Gasteiger partial charge in [0.15, 0.2) is 6.29 Å². The Morgan fingerprint density at radius 1 is 1.14 bits per heavy atom. The zero-order chi connectivity index (χ0) is 20.6. The molecule has 0 aliphatic carbocycles. The molecule has 0 radical (unpaired) electrons. The molecule has 0 saturated heterocycles. The number of esters is 2. The minimum absolute atomic E-state index is 0.0420. The molecule has 7 heteroatoms. The molecule has 0 N–H and O–H groups in total. The molecule has 1 aromatic heterocycles. The monoisotopic (exact) mass is 385 g/mol. The van der Waals surface area contributed by atoms with Gasteiger partial charge in [0.05, 0.1) is 24.4 Å². The van der Waals surface area contributed by atoms with Gasteiger partial charge in [-0.1, -0.05) is 6.07 Å². The summed E-state index contributed by atoms with van der Waals surface area (Å²) in [6, 6.07) is 3.67. The molecule has 28 heavy (non-hydrogen) atoms. The summed E-state index contributed by atoms with van der Waals surface area (Å²) < 4.78 is 11.8. The Balaban J connectivity index is 2.49. The molecule has 0 spiro atoms. The molecule has 0 unspecified atom stereocenters. The van der Waals surface area contributed by atoms with Crippen molar-refractivity contribution in [3.05, 3.63) is 34.5 Å². The maximum atomic E-state index is 13.0. The van der Waals surface area contributed by atoms with Gasteiger partial charge in [-0.15, -0.1) is 0 Å². The van der Waals surface area contributed by atoms with Crippen molar-refractivity contribution in [1.82, 2.24) is 4.57 Å². The lowest BCUT2D eigenvalue weighted by molar-refractivity contribution is -0.165. The molecule has 0 bridgehead atoms. The minimum Gasteiger partial charge on any atom is -0.465 e. The first-order chi connectivity index (χ1) is 13.3. The van der Waals surface area contributed by atoms with E-state index in [0.29, 0.717) is 17.2 Å². The van der Waals surface area contributed by atoms with Gasteiger partial charge in [-0.25, -0.2) is 0 Å². The topological polar surface area (TPSA) is 91.7 Å². The number of ether oxygens (including phenoxy) is 2. The Labute approximate surface area is 162 Å². The molecule has 0 saturated carbocycles. The lowest BCUT2D eigenvalue weighted by atomic mass is 9.75. The Morgan fingerprint density at radius 3 is 2.29 bits per heavy atom. The van der Waals surface area contributed by atoms with Crippen LogP contribution in [0.3, 0.4) is 0 Å². The Bertz CT molecular complexity index is 982. The second kappa shape index (κ2) is 7.22. The SMILES string of the molecule is CCOC(=O)C1(C(=O)OCC)CCC(=O)n2c1c(C=O)c1c(C)cc(C)cc12. The van der Waals surface area contributed by atoms with Gasteiger partial charge in [0.2, 0.25) is 11.3 Å². The van der Waals surface area contributed by atoms with E-state index in [1.54, 1.807) is 19.9 Å². The van der Waals surface area contributed by atoms with Crippen LogP contribution in [0.15, 0.2) is 12.1 Å². The van der Waals surface area contributed by atoms with Crippen molar-refractivity contribution in [3.8, 4) is 0 Å². The van der Waals surface area contributed by atoms with Crippen LogP contribution >= 0.6 is 0 Å². The van der Waals surface area contributed by atoms with Crippen molar-refractivity contribution in [1.29, 1.82) is 0 Å². The summed E-state index contributed by atoms with van der Waals surface area (Å²) in [5.74, 6) is -1.88. The highest BCUT2D eigenvalue weighted by Gasteiger charge is 2.57. The second-order valence-electron chi connectivity index (χ2n) is 6.93. The molecule has 0 fully saturated rings. The van der Waals surface area contributed by atoms with Gasteiger partial charge in [0, 0.05) is 17.4 Å². The quantitative estimate of drug-likeness (QED) is 0.446. The summed E-state index contributed by atoms with van der Waals surface area (Å²) in [7, 11) is 0. The third-order valence-corrected chi connectivity index (χ3v) is 5.18. The van der Waals surface area contributed by atoms with Crippen LogP contribution in [0.25, 0.3) is 10.9 Å². The number of nitrogens with zero attached hydrogens (tertiary/aromatic N) is 1. The smallest absolute Gasteiger partial charge is 0.329 e. The lowest BCUT2D eigenvalue weighted by Gasteiger charge is -2.33. The number of fused-ring (bicyclic) bond motifs is 3. The Morgan fingerprint density at radius 2 is 1.75 bits per heavy atom. The average molecular weight is 385 g/mol. The third kappa shape index (κ3) is 2.65. The van der Waals surface area contributed by atoms with Crippen LogP contribution in [0.1, 0.15) is 58.7 Å². The normalized spacial score (nSPS) is 15.2. The van der Waals surface area contributed by atoms with Gasteiger partial charge in [0.25, 0.3) is 0 Å². The van der Waals surface area contributed by atoms with Crippen LogP contribution in [0, 0.1) is 13.8 Å². The number of benzene rings is 1. The predicted molar refractivity (Wildman–Crippen MR) is 102 cm³/mol. The maximum Gasteiger partial charge on any atom is 0.329 e. The highest BCUT2D eigenvalue weighted by Crippen LogP contribution is 2.43. The number of aryl methyl sites for hydroxylation is 2. The minimum atomic E-state index is -1.85. The number of carbonyl (C=O) groups is 4. The number of rotatable bonds is 5. The molecular weight excluding hydrogens is 362 g/mol. The standard InChI is InChI=1S/C21H23NO6/c1-5-27-19(25)21(20(26)28-6-2)8-7-16(24)22-15-10-12(3)9-13(4)17(15)14(11-23)18(21)22/h9-11H,5-8H2,1-4H3. The van der Waals surface area contributed by atoms with E-state index in [2.05, 4.69) is 0 Å². The van der Waals surface area contributed by atoms with Crippen molar-refractivity contribution >= 4 is 35.0 Å². The molecule has 0 atom stereocenters. The fourth-order valence-electron chi connectivity index (χ4n) is 4.14. The maximum absolute atomic E-state index is 13.0. The number of hydrogen-bond donors (Lipinski definition) is 0. The van der Waals surface area contributed by atoms with Crippen LogP contribution in [-0.2, 0) is 24.5 Å². The van der Waals surface area contributed by atoms with Gasteiger partial charge in [-0.2, -0.15) is 0 Å². The van der Waals surface area contributed by atoms with E-state index >= 15 is 0 Å². The molecule has 0 amide bonds. The van der Waals surface area contributed by atoms with Crippen molar-refractivity contribution < 1.29 is 28.7 Å². The van der Waals surface area contributed by atoms with Gasteiger partial charge in [0.1, 0.15) is 0 Å². The fourth-order valence-corrected chi connectivity index (χ4v) is 4.14. The van der Waals surface area contributed by atoms with Gasteiger partial charge >= 0.3 is 11.9 Å². The second-order valence-corrected chi connectivity index (χ2v) is 6.93. The van der Waals surface area contributed by atoms with E-state index in [1.807, 2.05) is 19.9 Å². The zero-order valence-corrected chi connectivity index (χ0v) is 16.5. The van der Waals surface area contributed by atoms with E-state index in [0.717, 1.165) is 11.1 Å². The summed E-state index contributed by atoms with van der Waals surface area (Å²) in [4.78, 5) is 51.0. The van der Waals surface area contributed by atoms with E-state index in [1.165, 1.54) is 4.57 Å². The Kier molecular flexibility index (Phi) is 5.10. The predicted octanol–water partition coefficient (Wildman–Crippen LogP) is 2.87. The summed E-state index contributed by atoms with van der Waals surface area (Å²) in [6.07, 6.45) is 0.459. The number of aromatic nitrogens is 1. The highest BCUT2D eigenvalue weighted by molar-refractivity contribution is 6.15. The summed E-state index contributed by atoms with van der Waals surface area (Å²) >= 11 is 0. The third-order valence-electron chi connectivity index (χ3n) is 5.18. The first-order valence-corrected chi connectivity index (χ1v) is 9.32. The molecule has 2 heterocycles. The molecule has 3 rings (SSSR count). The molecular formula is C21H23NO6. The average Bonchev–Trinajstić information content (AvgIpc) is 2.98. The summed E-state index contributed by atoms with van der Waals surface area (Å²) in [5, 5.41) is 0.559. The van der Waals surface area contributed by atoms with Crippen LogP contribution in [0.2, 0.25) is 0 Å². The van der Waals surface area contributed by atoms with E-state index in [9.17, 15) is 19.2 Å². The number of carbonyl (C=O) groups excluding carboxylic acids is 4. The van der Waals surface area contributed by atoms with Crippen LogP contribution in [0.4, 0.5) is 0 Å². The van der Waals surface area contributed by atoms with Crippen molar-refractivity contribution in [3.63, 3.8) is 0 Å². The number of aldehydes is 1. The summed E-state index contributed by atoms with van der Waals surface area (Å²) in [5.41, 5.74) is 0.556. The van der Waals surface area contributed by atoms with Crippen LogP contribution < -0.4 is 0 Å². The van der Waals surface area contributed by atoms with E-state index < -0.39 is 17.4 Å². The molecule has 1 aliphatic rings. The largest absolute Gasteiger partial charge is 0.465 e. The van der Waals surface area contributed by atoms with Gasteiger partial charge < -0.3 is 9.47 Å². The van der Waals surface area contributed by atoms with E-state index in [-0.39, 0.29) is 43.2 Å². The zero-order valence-electron chi connectivity index (χ0n) is 16.5. The molecule has 2 aromatic rings. The van der Waals surface area contributed by atoms with Crippen LogP contribution in [-0.4, -0.2) is 41.9 Å². The van der Waals surface area contributed by atoms with Crippen molar-refractivity contribution in [2.75, 3.05) is 13.2 Å². The first-order valence-electron chi connectivity index (χ1n) is 9.32. The Hall–Kier alpha value is -2.96. The molecule has 1 aliphatic heterocycles. The molecule has 1 aromatic carbocycles. The molecule has 148 valence electrons. The molecule has 7 nitrogen and oxygen atoms in total. The fraction of sp³-hybridized carbons (Fsp3) is 0.429. The lowest BCUT2D eigenvalue weighted by Crippen LogP contribution is -2.51. The highest BCUT2D eigenvalue weighted by atomic mass is 16.6.